The third-order valence-corrected chi connectivity index (χ3v) is 3.11. The van der Waals surface area contributed by atoms with E-state index < -0.39 is 0 Å². The summed E-state index contributed by atoms with van der Waals surface area (Å²) in [6.07, 6.45) is 2.90. The van der Waals surface area contributed by atoms with Crippen LogP contribution >= 0.6 is 22.6 Å². The van der Waals surface area contributed by atoms with Crippen molar-refractivity contribution in [3.63, 3.8) is 0 Å². The molecular formula is C12H14INO. The van der Waals surface area contributed by atoms with Crippen LogP contribution in [-0.4, -0.2) is 13.1 Å². The maximum Gasteiger partial charge on any atom is 0.134 e. The largest absolute Gasteiger partial charge is 0.464 e. The Morgan fingerprint density at radius 1 is 1.40 bits per heavy atom. The molecule has 0 aliphatic carbocycles. The molecule has 0 aliphatic heterocycles. The fraction of sp³-hybridized carbons (Fsp3) is 0.333. The highest BCUT2D eigenvalue weighted by Gasteiger charge is 2.05. The number of hydrogen-bond donors (Lipinski definition) is 1. The standard InChI is InChI=1S/C12H14INO/c1-2-14-6-5-9-8-15-12-4-3-10(13)7-11(9)12/h3-4,7-8,14H,2,5-6H2,1H3. The third kappa shape index (κ3) is 2.52. The number of halogens is 1. The van der Waals surface area contributed by atoms with Crippen molar-refractivity contribution in [3.05, 3.63) is 33.6 Å². The van der Waals surface area contributed by atoms with Gasteiger partial charge in [-0.25, -0.2) is 0 Å². The van der Waals surface area contributed by atoms with Crippen LogP contribution < -0.4 is 5.32 Å². The van der Waals surface area contributed by atoms with E-state index in [1.165, 1.54) is 14.5 Å². The van der Waals surface area contributed by atoms with E-state index in [-0.39, 0.29) is 0 Å². The SMILES string of the molecule is CCNCCc1coc2ccc(I)cc12. The lowest BCUT2D eigenvalue weighted by Crippen LogP contribution is -2.15. The molecule has 3 heteroatoms. The van der Waals surface area contributed by atoms with Crippen molar-refractivity contribution in [1.29, 1.82) is 0 Å². The molecule has 0 saturated heterocycles. The van der Waals surface area contributed by atoms with Gasteiger partial charge in [0.1, 0.15) is 5.58 Å². The van der Waals surface area contributed by atoms with Crippen LogP contribution in [0.5, 0.6) is 0 Å². The van der Waals surface area contributed by atoms with E-state index in [9.17, 15) is 0 Å². The molecular weight excluding hydrogens is 301 g/mol. The zero-order valence-electron chi connectivity index (χ0n) is 8.72. The van der Waals surface area contributed by atoms with E-state index in [2.05, 4.69) is 47.0 Å². The average Bonchev–Trinajstić information content (AvgIpc) is 2.62. The molecule has 1 aromatic heterocycles. The number of fused-ring (bicyclic) bond motifs is 1. The molecule has 0 unspecified atom stereocenters. The summed E-state index contributed by atoms with van der Waals surface area (Å²) < 4.78 is 6.76. The second-order valence-corrected chi connectivity index (χ2v) is 4.75. The van der Waals surface area contributed by atoms with Gasteiger partial charge in [-0.05, 0) is 65.9 Å². The number of rotatable bonds is 4. The first-order valence-electron chi connectivity index (χ1n) is 5.17. The molecule has 2 rings (SSSR count). The number of hydrogen-bond acceptors (Lipinski definition) is 2. The van der Waals surface area contributed by atoms with Gasteiger partial charge >= 0.3 is 0 Å². The average molecular weight is 315 g/mol. The fourth-order valence-electron chi connectivity index (χ4n) is 1.65. The molecule has 0 aliphatic rings. The molecule has 2 nitrogen and oxygen atoms in total. The van der Waals surface area contributed by atoms with Crippen molar-refractivity contribution >= 4 is 33.6 Å². The van der Waals surface area contributed by atoms with Crippen LogP contribution in [0.4, 0.5) is 0 Å². The first kappa shape index (κ1) is 11.0. The number of benzene rings is 1. The summed E-state index contributed by atoms with van der Waals surface area (Å²) in [5.41, 5.74) is 2.28. The second-order valence-electron chi connectivity index (χ2n) is 3.50. The summed E-state index contributed by atoms with van der Waals surface area (Å²) in [4.78, 5) is 0. The lowest BCUT2D eigenvalue weighted by molar-refractivity contribution is 0.607. The van der Waals surface area contributed by atoms with Crippen molar-refractivity contribution in [1.82, 2.24) is 5.32 Å². The zero-order chi connectivity index (χ0) is 10.7. The van der Waals surface area contributed by atoms with Gasteiger partial charge in [-0.15, -0.1) is 0 Å². The Labute approximate surface area is 103 Å². The first-order chi connectivity index (χ1) is 7.31. The van der Waals surface area contributed by atoms with Gasteiger partial charge in [-0.2, -0.15) is 0 Å². The van der Waals surface area contributed by atoms with E-state index in [4.69, 9.17) is 4.42 Å². The predicted molar refractivity (Wildman–Crippen MR) is 71.2 cm³/mol. The van der Waals surface area contributed by atoms with E-state index in [0.29, 0.717) is 0 Å². The second kappa shape index (κ2) is 4.99. The minimum atomic E-state index is 0.988. The van der Waals surface area contributed by atoms with Crippen LogP contribution in [0.15, 0.2) is 28.9 Å². The normalized spacial score (nSPS) is 11.1. The summed E-state index contributed by atoms with van der Waals surface area (Å²) in [7, 11) is 0. The van der Waals surface area contributed by atoms with Crippen molar-refractivity contribution in [3.8, 4) is 0 Å². The summed E-state index contributed by atoms with van der Waals surface area (Å²) in [5, 5.41) is 4.57. The van der Waals surface area contributed by atoms with Gasteiger partial charge in [0.25, 0.3) is 0 Å². The van der Waals surface area contributed by atoms with Crippen molar-refractivity contribution in [2.24, 2.45) is 0 Å². The van der Waals surface area contributed by atoms with Crippen LogP contribution in [0, 0.1) is 3.57 Å². The minimum Gasteiger partial charge on any atom is -0.464 e. The molecule has 80 valence electrons. The quantitative estimate of drug-likeness (QED) is 0.692. The maximum absolute atomic E-state index is 5.50. The lowest BCUT2D eigenvalue weighted by Gasteiger charge is -1.99. The summed E-state index contributed by atoms with van der Waals surface area (Å²) >= 11 is 2.33. The molecule has 1 aromatic carbocycles. The smallest absolute Gasteiger partial charge is 0.134 e. The Kier molecular flexibility index (Phi) is 3.64. The summed E-state index contributed by atoms with van der Waals surface area (Å²) in [6.45, 7) is 4.15. The summed E-state index contributed by atoms with van der Waals surface area (Å²) in [5.74, 6) is 0. The number of likely N-dealkylation sites (N-methyl/N-ethyl adjacent to an activating group) is 1. The van der Waals surface area contributed by atoms with E-state index in [0.717, 1.165) is 25.1 Å². The first-order valence-corrected chi connectivity index (χ1v) is 6.25. The Morgan fingerprint density at radius 3 is 3.07 bits per heavy atom. The molecule has 1 N–H and O–H groups in total. The van der Waals surface area contributed by atoms with Crippen LogP contribution in [0.25, 0.3) is 11.0 Å². The lowest BCUT2D eigenvalue weighted by atomic mass is 10.1. The monoisotopic (exact) mass is 315 g/mol. The third-order valence-electron chi connectivity index (χ3n) is 2.44. The topological polar surface area (TPSA) is 25.2 Å². The van der Waals surface area contributed by atoms with Gasteiger partial charge in [0.2, 0.25) is 0 Å². The van der Waals surface area contributed by atoms with Crippen LogP contribution in [0.2, 0.25) is 0 Å². The molecule has 1 heterocycles. The van der Waals surface area contributed by atoms with E-state index in [1.807, 2.05) is 12.3 Å². The predicted octanol–water partition coefficient (Wildman–Crippen LogP) is 3.19. The van der Waals surface area contributed by atoms with E-state index >= 15 is 0 Å². The van der Waals surface area contributed by atoms with Gasteiger partial charge in [-0.3, -0.25) is 0 Å². The maximum atomic E-state index is 5.50. The van der Waals surface area contributed by atoms with Crippen molar-refractivity contribution in [2.75, 3.05) is 13.1 Å². The highest BCUT2D eigenvalue weighted by Crippen LogP contribution is 2.23. The van der Waals surface area contributed by atoms with Gasteiger partial charge in [0.05, 0.1) is 6.26 Å². The Balaban J connectivity index is 2.23. The molecule has 15 heavy (non-hydrogen) atoms. The van der Waals surface area contributed by atoms with Crippen LogP contribution in [0.3, 0.4) is 0 Å². The zero-order valence-corrected chi connectivity index (χ0v) is 10.9. The highest BCUT2D eigenvalue weighted by atomic mass is 127. The molecule has 0 amide bonds. The van der Waals surface area contributed by atoms with Crippen LogP contribution in [-0.2, 0) is 6.42 Å². The fourth-order valence-corrected chi connectivity index (χ4v) is 2.14. The van der Waals surface area contributed by atoms with Gasteiger partial charge in [0, 0.05) is 8.96 Å². The molecule has 2 aromatic rings. The number of nitrogens with one attached hydrogen (secondary N) is 1. The molecule has 0 bridgehead atoms. The van der Waals surface area contributed by atoms with Gasteiger partial charge in [0.15, 0.2) is 0 Å². The molecule has 0 atom stereocenters. The highest BCUT2D eigenvalue weighted by molar-refractivity contribution is 14.1. The van der Waals surface area contributed by atoms with Crippen molar-refractivity contribution < 1.29 is 4.42 Å². The molecule has 0 spiro atoms. The van der Waals surface area contributed by atoms with Gasteiger partial charge in [-0.1, -0.05) is 6.92 Å². The Bertz CT molecular complexity index is 450. The van der Waals surface area contributed by atoms with Gasteiger partial charge < -0.3 is 9.73 Å². The number of furan rings is 1. The minimum absolute atomic E-state index is 0.988. The summed E-state index contributed by atoms with van der Waals surface area (Å²) in [6, 6.07) is 6.29. The van der Waals surface area contributed by atoms with Crippen LogP contribution in [0.1, 0.15) is 12.5 Å². The Morgan fingerprint density at radius 2 is 2.27 bits per heavy atom. The molecule has 0 fully saturated rings. The molecule has 0 saturated carbocycles. The Hall–Kier alpha value is -0.550. The van der Waals surface area contributed by atoms with Crippen molar-refractivity contribution in [2.45, 2.75) is 13.3 Å². The molecule has 0 radical (unpaired) electrons. The van der Waals surface area contributed by atoms with E-state index in [1.54, 1.807) is 0 Å².